The van der Waals surface area contributed by atoms with E-state index in [9.17, 15) is 14.3 Å². The zero-order valence-corrected chi connectivity index (χ0v) is 21.3. The molecule has 0 amide bonds. The Balaban J connectivity index is 1.52. The average Bonchev–Trinajstić information content (AvgIpc) is 2.84. The molecule has 0 heterocycles. The standard InChI is InChI=1S/C28H31ClFNO5/c1-18(23-6-4-5-7-26(23)36-22-11-9-20(10-12-22)27(33)34)35-17-21(32)16-31-28(2,3)15-19-8-13-24(29)25(30)14-19/h4-14,18,21,31-32H,15-17H2,1-3H3,(H,33,34)/t18?,21-/m1/s1. The molecular weight excluding hydrogens is 485 g/mol. The van der Waals surface area contributed by atoms with Gasteiger partial charge in [0.05, 0.1) is 29.4 Å². The summed E-state index contributed by atoms with van der Waals surface area (Å²) in [7, 11) is 0. The molecule has 3 aromatic rings. The predicted octanol–water partition coefficient (Wildman–Crippen LogP) is 6.02. The molecule has 192 valence electrons. The Morgan fingerprint density at radius 1 is 1.11 bits per heavy atom. The van der Waals surface area contributed by atoms with Crippen molar-refractivity contribution in [1.29, 1.82) is 0 Å². The zero-order chi connectivity index (χ0) is 26.3. The summed E-state index contributed by atoms with van der Waals surface area (Å²) in [5.41, 5.74) is 1.40. The number of aromatic carboxylic acids is 1. The number of aliphatic hydroxyl groups is 1. The molecule has 1 unspecified atom stereocenters. The molecule has 36 heavy (non-hydrogen) atoms. The van der Waals surface area contributed by atoms with Crippen LogP contribution in [0.15, 0.2) is 66.7 Å². The molecule has 0 aliphatic rings. The van der Waals surface area contributed by atoms with Crippen molar-refractivity contribution in [2.75, 3.05) is 13.2 Å². The third kappa shape index (κ3) is 8.03. The molecular formula is C28H31ClFNO5. The monoisotopic (exact) mass is 515 g/mol. The lowest BCUT2D eigenvalue weighted by atomic mass is 9.94. The van der Waals surface area contributed by atoms with Gasteiger partial charge in [-0.1, -0.05) is 35.9 Å². The van der Waals surface area contributed by atoms with E-state index in [0.29, 0.717) is 24.5 Å². The second-order valence-electron chi connectivity index (χ2n) is 9.29. The number of para-hydroxylation sites is 1. The van der Waals surface area contributed by atoms with E-state index >= 15 is 0 Å². The molecule has 3 N–H and O–H groups in total. The number of hydrogen-bond acceptors (Lipinski definition) is 5. The first kappa shape index (κ1) is 27.6. The molecule has 0 aromatic heterocycles. The molecule has 6 nitrogen and oxygen atoms in total. The van der Waals surface area contributed by atoms with E-state index in [1.165, 1.54) is 18.2 Å². The van der Waals surface area contributed by atoms with Crippen molar-refractivity contribution in [2.45, 2.75) is 44.9 Å². The van der Waals surface area contributed by atoms with E-state index in [-0.39, 0.29) is 28.8 Å². The molecule has 0 aliphatic carbocycles. The number of hydrogen-bond donors (Lipinski definition) is 3. The fourth-order valence-electron chi connectivity index (χ4n) is 3.72. The first-order valence-electron chi connectivity index (χ1n) is 11.6. The van der Waals surface area contributed by atoms with E-state index in [1.807, 2.05) is 39.0 Å². The summed E-state index contributed by atoms with van der Waals surface area (Å²) in [5.74, 6) is -0.364. The van der Waals surface area contributed by atoms with Crippen LogP contribution >= 0.6 is 11.6 Å². The maximum Gasteiger partial charge on any atom is 0.335 e. The van der Waals surface area contributed by atoms with Crippen molar-refractivity contribution in [2.24, 2.45) is 0 Å². The van der Waals surface area contributed by atoms with Crippen LogP contribution in [0.25, 0.3) is 0 Å². The Labute approximate surface area is 215 Å². The summed E-state index contributed by atoms with van der Waals surface area (Å²) in [5, 5.41) is 22.9. The van der Waals surface area contributed by atoms with Crippen molar-refractivity contribution in [3.05, 3.63) is 94.3 Å². The predicted molar refractivity (Wildman–Crippen MR) is 137 cm³/mol. The molecule has 8 heteroatoms. The maximum absolute atomic E-state index is 13.7. The van der Waals surface area contributed by atoms with Crippen LogP contribution in [0.5, 0.6) is 11.5 Å². The van der Waals surface area contributed by atoms with Crippen LogP contribution in [0.3, 0.4) is 0 Å². The quantitative estimate of drug-likeness (QED) is 0.273. The van der Waals surface area contributed by atoms with Gasteiger partial charge >= 0.3 is 5.97 Å². The van der Waals surface area contributed by atoms with Crippen LogP contribution < -0.4 is 10.1 Å². The van der Waals surface area contributed by atoms with Gasteiger partial charge in [-0.3, -0.25) is 0 Å². The summed E-state index contributed by atoms with van der Waals surface area (Å²) in [6.07, 6.45) is -0.562. The van der Waals surface area contributed by atoms with Crippen LogP contribution in [0, 0.1) is 5.82 Å². The molecule has 0 fully saturated rings. The van der Waals surface area contributed by atoms with E-state index in [2.05, 4.69) is 5.32 Å². The lowest BCUT2D eigenvalue weighted by Crippen LogP contribution is -2.46. The number of aliphatic hydroxyl groups excluding tert-OH is 1. The molecule has 0 saturated heterocycles. The molecule has 0 aliphatic heterocycles. The van der Waals surface area contributed by atoms with Gasteiger partial charge in [-0.25, -0.2) is 9.18 Å². The molecule has 3 rings (SSSR count). The fourth-order valence-corrected chi connectivity index (χ4v) is 3.84. The number of rotatable bonds is 12. The lowest BCUT2D eigenvalue weighted by molar-refractivity contribution is -0.00481. The van der Waals surface area contributed by atoms with Gasteiger partial charge in [-0.15, -0.1) is 0 Å². The minimum absolute atomic E-state index is 0.0919. The second-order valence-corrected chi connectivity index (χ2v) is 9.70. The summed E-state index contributed by atoms with van der Waals surface area (Å²) in [6, 6.07) is 18.3. The van der Waals surface area contributed by atoms with Gasteiger partial charge in [-0.2, -0.15) is 0 Å². The third-order valence-corrected chi connectivity index (χ3v) is 5.98. The van der Waals surface area contributed by atoms with E-state index in [1.54, 1.807) is 30.3 Å². The number of halogens is 2. The van der Waals surface area contributed by atoms with Crippen LogP contribution in [-0.4, -0.2) is 41.0 Å². The number of carboxylic acids is 1. The number of ether oxygens (including phenoxy) is 2. The molecule has 3 aromatic carbocycles. The van der Waals surface area contributed by atoms with Crippen molar-refractivity contribution < 1.29 is 28.9 Å². The lowest BCUT2D eigenvalue weighted by Gasteiger charge is -2.28. The van der Waals surface area contributed by atoms with Gasteiger partial charge in [0, 0.05) is 17.6 Å². The molecule has 2 atom stereocenters. The minimum Gasteiger partial charge on any atom is -0.478 e. The highest BCUT2D eigenvalue weighted by molar-refractivity contribution is 6.30. The van der Waals surface area contributed by atoms with E-state index in [4.69, 9.17) is 26.2 Å². The fraction of sp³-hybridized carbons (Fsp3) is 0.321. The number of β-amino-alcohol motifs (C(OH)–C–C–N with tert-alkyl or cyclic N) is 1. The summed E-state index contributed by atoms with van der Waals surface area (Å²) < 4.78 is 25.6. The highest BCUT2D eigenvalue weighted by Gasteiger charge is 2.21. The van der Waals surface area contributed by atoms with Gasteiger partial charge in [0.1, 0.15) is 17.3 Å². The van der Waals surface area contributed by atoms with Crippen LogP contribution in [-0.2, 0) is 11.2 Å². The largest absolute Gasteiger partial charge is 0.478 e. The van der Waals surface area contributed by atoms with Gasteiger partial charge in [0.25, 0.3) is 0 Å². The Bertz CT molecular complexity index is 1170. The molecule has 0 bridgehead atoms. The van der Waals surface area contributed by atoms with E-state index < -0.39 is 17.9 Å². The molecule has 0 radical (unpaired) electrons. The number of carbonyl (C=O) groups is 1. The SMILES string of the molecule is CC(OC[C@H](O)CNC(C)(C)Cc1ccc(Cl)c(F)c1)c1ccccc1Oc1ccc(C(=O)O)cc1. The Kier molecular flexibility index (Phi) is 9.45. The number of carboxylic acid groups (broad SMARTS) is 1. The van der Waals surface area contributed by atoms with Crippen molar-refractivity contribution >= 4 is 17.6 Å². The third-order valence-electron chi connectivity index (χ3n) is 5.67. The molecule has 0 saturated carbocycles. The van der Waals surface area contributed by atoms with Crippen molar-refractivity contribution in [3.8, 4) is 11.5 Å². The highest BCUT2D eigenvalue weighted by Crippen LogP contribution is 2.31. The summed E-state index contributed by atoms with van der Waals surface area (Å²) in [4.78, 5) is 11.0. The first-order valence-corrected chi connectivity index (χ1v) is 12.0. The van der Waals surface area contributed by atoms with Crippen molar-refractivity contribution in [1.82, 2.24) is 5.32 Å². The topological polar surface area (TPSA) is 88.0 Å². The number of nitrogens with one attached hydrogen (secondary N) is 1. The Hall–Kier alpha value is -2.97. The zero-order valence-electron chi connectivity index (χ0n) is 20.5. The van der Waals surface area contributed by atoms with Crippen LogP contribution in [0.1, 0.15) is 48.4 Å². The van der Waals surface area contributed by atoms with Gasteiger partial charge < -0.3 is 25.0 Å². The maximum atomic E-state index is 13.7. The molecule has 0 spiro atoms. The Morgan fingerprint density at radius 2 is 1.81 bits per heavy atom. The first-order chi connectivity index (χ1) is 17.0. The second kappa shape index (κ2) is 12.3. The summed E-state index contributed by atoms with van der Waals surface area (Å²) >= 11 is 5.76. The van der Waals surface area contributed by atoms with Gasteiger partial charge in [0.2, 0.25) is 0 Å². The van der Waals surface area contributed by atoms with Gasteiger partial charge in [-0.05, 0) is 75.2 Å². The number of benzene rings is 3. The van der Waals surface area contributed by atoms with Gasteiger partial charge in [0.15, 0.2) is 0 Å². The van der Waals surface area contributed by atoms with Crippen molar-refractivity contribution in [3.63, 3.8) is 0 Å². The Morgan fingerprint density at radius 3 is 2.47 bits per heavy atom. The van der Waals surface area contributed by atoms with Crippen LogP contribution in [0.2, 0.25) is 5.02 Å². The summed E-state index contributed by atoms with van der Waals surface area (Å²) in [6.45, 7) is 6.22. The smallest absolute Gasteiger partial charge is 0.335 e. The minimum atomic E-state index is -1.00. The normalized spacial score (nSPS) is 13.3. The highest BCUT2D eigenvalue weighted by atomic mass is 35.5. The average molecular weight is 516 g/mol. The van der Waals surface area contributed by atoms with E-state index in [0.717, 1.165) is 11.1 Å². The van der Waals surface area contributed by atoms with Crippen LogP contribution in [0.4, 0.5) is 4.39 Å².